The van der Waals surface area contributed by atoms with Crippen molar-refractivity contribution in [2.24, 2.45) is 11.8 Å². The van der Waals surface area contributed by atoms with Gasteiger partial charge in [-0.15, -0.1) is 0 Å². The number of amides is 1. The first kappa shape index (κ1) is 17.5. The molecular formula is C17H27NO3. The van der Waals surface area contributed by atoms with E-state index in [2.05, 4.69) is 26.1 Å². The largest absolute Gasteiger partial charge is 0.493 e. The van der Waals surface area contributed by atoms with Gasteiger partial charge in [-0.1, -0.05) is 27.2 Å². The SMILES string of the molecule is CCC(CCO)CNC(=O)c1ccc(OCC(C)C)cc1. The van der Waals surface area contributed by atoms with E-state index in [-0.39, 0.29) is 12.5 Å². The van der Waals surface area contributed by atoms with E-state index < -0.39 is 0 Å². The number of nitrogens with one attached hydrogen (secondary N) is 1. The second kappa shape index (κ2) is 9.40. The minimum Gasteiger partial charge on any atom is -0.493 e. The van der Waals surface area contributed by atoms with Gasteiger partial charge in [-0.25, -0.2) is 0 Å². The Morgan fingerprint density at radius 3 is 2.48 bits per heavy atom. The Bertz CT molecular complexity index is 415. The van der Waals surface area contributed by atoms with Gasteiger partial charge >= 0.3 is 0 Å². The van der Waals surface area contributed by atoms with Crippen molar-refractivity contribution >= 4 is 5.91 Å². The molecule has 0 aromatic heterocycles. The van der Waals surface area contributed by atoms with Crippen molar-refractivity contribution in [1.82, 2.24) is 5.32 Å². The fourth-order valence-electron chi connectivity index (χ4n) is 1.94. The molecule has 0 saturated heterocycles. The maximum absolute atomic E-state index is 12.0. The topological polar surface area (TPSA) is 58.6 Å². The van der Waals surface area contributed by atoms with E-state index in [1.165, 1.54) is 0 Å². The predicted octanol–water partition coefficient (Wildman–Crippen LogP) is 2.86. The summed E-state index contributed by atoms with van der Waals surface area (Å²) in [6, 6.07) is 7.20. The maximum Gasteiger partial charge on any atom is 0.251 e. The van der Waals surface area contributed by atoms with E-state index in [0.29, 0.717) is 30.6 Å². The van der Waals surface area contributed by atoms with Crippen LogP contribution in [0.25, 0.3) is 0 Å². The summed E-state index contributed by atoms with van der Waals surface area (Å²) in [5.41, 5.74) is 0.630. The third-order valence-electron chi connectivity index (χ3n) is 3.37. The van der Waals surface area contributed by atoms with Crippen LogP contribution in [0.3, 0.4) is 0 Å². The molecule has 0 heterocycles. The van der Waals surface area contributed by atoms with Crippen molar-refractivity contribution in [2.45, 2.75) is 33.6 Å². The van der Waals surface area contributed by atoms with Gasteiger partial charge in [0.05, 0.1) is 6.61 Å². The van der Waals surface area contributed by atoms with Gasteiger partial charge in [0.25, 0.3) is 5.91 Å². The number of carbonyl (C=O) groups excluding carboxylic acids is 1. The van der Waals surface area contributed by atoms with Crippen LogP contribution in [-0.2, 0) is 0 Å². The summed E-state index contributed by atoms with van der Waals surface area (Å²) in [6.45, 7) is 7.69. The molecule has 0 spiro atoms. The number of aliphatic hydroxyl groups is 1. The third kappa shape index (κ3) is 6.63. The Hall–Kier alpha value is -1.55. The van der Waals surface area contributed by atoms with Gasteiger partial charge in [0.15, 0.2) is 0 Å². The lowest BCUT2D eigenvalue weighted by Gasteiger charge is -2.14. The lowest BCUT2D eigenvalue weighted by atomic mass is 10.0. The lowest BCUT2D eigenvalue weighted by Crippen LogP contribution is -2.29. The summed E-state index contributed by atoms with van der Waals surface area (Å²) >= 11 is 0. The number of hydrogen-bond donors (Lipinski definition) is 2. The average molecular weight is 293 g/mol. The minimum absolute atomic E-state index is 0.0817. The van der Waals surface area contributed by atoms with E-state index in [1.54, 1.807) is 12.1 Å². The molecule has 2 N–H and O–H groups in total. The average Bonchev–Trinajstić information content (AvgIpc) is 2.49. The number of hydrogen-bond acceptors (Lipinski definition) is 3. The number of ether oxygens (including phenoxy) is 1. The summed E-state index contributed by atoms with van der Waals surface area (Å²) in [4.78, 5) is 12.0. The van der Waals surface area contributed by atoms with Crippen LogP contribution >= 0.6 is 0 Å². The molecule has 0 aliphatic rings. The second-order valence-electron chi connectivity index (χ2n) is 5.73. The van der Waals surface area contributed by atoms with E-state index in [9.17, 15) is 4.79 Å². The summed E-state index contributed by atoms with van der Waals surface area (Å²) < 4.78 is 5.59. The fraction of sp³-hybridized carbons (Fsp3) is 0.588. The van der Waals surface area contributed by atoms with E-state index in [0.717, 1.165) is 18.6 Å². The molecule has 4 nitrogen and oxygen atoms in total. The first-order chi connectivity index (χ1) is 10.1. The highest BCUT2D eigenvalue weighted by Gasteiger charge is 2.10. The zero-order valence-electron chi connectivity index (χ0n) is 13.3. The Kier molecular flexibility index (Phi) is 7.83. The molecule has 1 atom stereocenters. The van der Waals surface area contributed by atoms with E-state index >= 15 is 0 Å². The van der Waals surface area contributed by atoms with E-state index in [4.69, 9.17) is 9.84 Å². The highest BCUT2D eigenvalue weighted by atomic mass is 16.5. The highest BCUT2D eigenvalue weighted by molar-refractivity contribution is 5.94. The van der Waals surface area contributed by atoms with Crippen LogP contribution < -0.4 is 10.1 Å². The molecule has 1 unspecified atom stereocenters. The molecule has 0 radical (unpaired) electrons. The van der Waals surface area contributed by atoms with Crippen LogP contribution in [-0.4, -0.2) is 30.8 Å². The second-order valence-corrected chi connectivity index (χ2v) is 5.73. The molecule has 0 bridgehead atoms. The molecule has 1 amide bonds. The zero-order chi connectivity index (χ0) is 15.7. The van der Waals surface area contributed by atoms with Gasteiger partial charge < -0.3 is 15.2 Å². The number of aliphatic hydroxyl groups excluding tert-OH is 1. The van der Waals surface area contributed by atoms with Crippen LogP contribution in [0.4, 0.5) is 0 Å². The molecule has 21 heavy (non-hydrogen) atoms. The molecule has 4 heteroatoms. The maximum atomic E-state index is 12.0. The first-order valence-electron chi connectivity index (χ1n) is 7.68. The van der Waals surface area contributed by atoms with Crippen LogP contribution in [0, 0.1) is 11.8 Å². The van der Waals surface area contributed by atoms with Crippen molar-refractivity contribution in [3.05, 3.63) is 29.8 Å². The third-order valence-corrected chi connectivity index (χ3v) is 3.37. The monoisotopic (exact) mass is 293 g/mol. The van der Waals surface area contributed by atoms with Gasteiger partial charge in [0, 0.05) is 18.7 Å². The summed E-state index contributed by atoms with van der Waals surface area (Å²) in [7, 11) is 0. The molecule has 0 saturated carbocycles. The van der Waals surface area contributed by atoms with Crippen molar-refractivity contribution in [3.63, 3.8) is 0 Å². The molecule has 1 rings (SSSR count). The highest BCUT2D eigenvalue weighted by Crippen LogP contribution is 2.13. The first-order valence-corrected chi connectivity index (χ1v) is 7.68. The van der Waals surface area contributed by atoms with Crippen LogP contribution in [0.1, 0.15) is 44.0 Å². The number of rotatable bonds is 9. The number of benzene rings is 1. The lowest BCUT2D eigenvalue weighted by molar-refractivity contribution is 0.0943. The van der Waals surface area contributed by atoms with Crippen molar-refractivity contribution in [3.8, 4) is 5.75 Å². The van der Waals surface area contributed by atoms with Gasteiger partial charge in [-0.2, -0.15) is 0 Å². The molecular weight excluding hydrogens is 266 g/mol. The Morgan fingerprint density at radius 1 is 1.29 bits per heavy atom. The smallest absolute Gasteiger partial charge is 0.251 e. The van der Waals surface area contributed by atoms with Gasteiger partial charge in [-0.05, 0) is 42.5 Å². The van der Waals surface area contributed by atoms with Crippen molar-refractivity contribution < 1.29 is 14.6 Å². The molecule has 0 aliphatic carbocycles. The van der Waals surface area contributed by atoms with Crippen molar-refractivity contribution in [1.29, 1.82) is 0 Å². The molecule has 0 aliphatic heterocycles. The van der Waals surface area contributed by atoms with Gasteiger partial charge in [0.2, 0.25) is 0 Å². The van der Waals surface area contributed by atoms with Crippen LogP contribution in [0.2, 0.25) is 0 Å². The molecule has 1 aromatic rings. The zero-order valence-corrected chi connectivity index (χ0v) is 13.3. The minimum atomic E-state index is -0.0817. The van der Waals surface area contributed by atoms with E-state index in [1.807, 2.05) is 12.1 Å². The quantitative estimate of drug-likeness (QED) is 0.736. The van der Waals surface area contributed by atoms with Crippen LogP contribution in [0.5, 0.6) is 5.75 Å². The molecule has 1 aromatic carbocycles. The molecule has 118 valence electrons. The number of carbonyl (C=O) groups is 1. The normalized spacial score (nSPS) is 12.2. The Labute approximate surface area is 127 Å². The summed E-state index contributed by atoms with van der Waals surface area (Å²) in [6.07, 6.45) is 1.67. The standard InChI is InChI=1S/C17H27NO3/c1-4-14(9-10-19)11-18-17(20)15-5-7-16(8-6-15)21-12-13(2)3/h5-8,13-14,19H,4,9-12H2,1-3H3,(H,18,20). The predicted molar refractivity (Wildman–Crippen MR) is 84.6 cm³/mol. The van der Waals surface area contributed by atoms with Crippen molar-refractivity contribution in [2.75, 3.05) is 19.8 Å². The summed E-state index contributed by atoms with van der Waals surface area (Å²) in [5.74, 6) is 1.51. The van der Waals surface area contributed by atoms with Gasteiger partial charge in [0.1, 0.15) is 5.75 Å². The van der Waals surface area contributed by atoms with Gasteiger partial charge in [-0.3, -0.25) is 4.79 Å². The van der Waals surface area contributed by atoms with Crippen LogP contribution in [0.15, 0.2) is 24.3 Å². The Balaban J connectivity index is 2.47. The molecule has 0 fully saturated rings. The Morgan fingerprint density at radius 2 is 1.95 bits per heavy atom. The summed E-state index contributed by atoms with van der Waals surface area (Å²) in [5, 5.41) is 11.9. The fourth-order valence-corrected chi connectivity index (χ4v) is 1.94.